The zero-order valence-electron chi connectivity index (χ0n) is 12.9. The van der Waals surface area contributed by atoms with Crippen LogP contribution in [0.25, 0.3) is 0 Å². The summed E-state index contributed by atoms with van der Waals surface area (Å²) in [6.07, 6.45) is 1.23. The summed E-state index contributed by atoms with van der Waals surface area (Å²) >= 11 is 0. The van der Waals surface area contributed by atoms with Crippen molar-refractivity contribution in [3.63, 3.8) is 0 Å². The van der Waals surface area contributed by atoms with E-state index in [1.54, 1.807) is 13.2 Å². The maximum atomic E-state index is 12.3. The molecule has 0 saturated carbocycles. The van der Waals surface area contributed by atoms with Crippen LogP contribution in [0.15, 0.2) is 48.5 Å². The Hall–Kier alpha value is -2.01. The Bertz CT molecular complexity index is 726. The van der Waals surface area contributed by atoms with Gasteiger partial charge in [0.05, 0.1) is 18.6 Å². The Labute approximate surface area is 132 Å². The van der Waals surface area contributed by atoms with E-state index in [9.17, 15) is 8.42 Å². The quantitative estimate of drug-likeness (QED) is 0.852. The predicted molar refractivity (Wildman–Crippen MR) is 89.9 cm³/mol. The lowest BCUT2D eigenvalue weighted by Gasteiger charge is -2.11. The molecule has 2 aromatic carbocycles. The summed E-state index contributed by atoms with van der Waals surface area (Å²) in [7, 11) is -1.78. The third-order valence-corrected chi connectivity index (χ3v) is 4.73. The standard InChI is InChI=1S/C17H21NO3S/c1-3-15-8-4-5-10-17(15)18-22(19,20)12-11-14-7-6-9-16(13-14)21-2/h4-10,13,18H,3,11-12H2,1-2H3. The third kappa shape index (κ3) is 4.49. The zero-order valence-corrected chi connectivity index (χ0v) is 13.7. The van der Waals surface area contributed by atoms with Crippen LogP contribution in [0.2, 0.25) is 0 Å². The molecule has 0 aliphatic heterocycles. The van der Waals surface area contributed by atoms with Gasteiger partial charge in [0.2, 0.25) is 10.0 Å². The van der Waals surface area contributed by atoms with Crippen LogP contribution >= 0.6 is 0 Å². The highest BCUT2D eigenvalue weighted by Crippen LogP contribution is 2.18. The molecule has 5 heteroatoms. The van der Waals surface area contributed by atoms with Crippen LogP contribution in [0.3, 0.4) is 0 Å². The minimum atomic E-state index is -3.38. The molecular weight excluding hydrogens is 298 g/mol. The molecule has 0 amide bonds. The van der Waals surface area contributed by atoms with Crippen LogP contribution in [-0.2, 0) is 22.9 Å². The van der Waals surface area contributed by atoms with E-state index < -0.39 is 10.0 Å². The number of sulfonamides is 1. The first kappa shape index (κ1) is 16.4. The van der Waals surface area contributed by atoms with E-state index in [0.717, 1.165) is 23.3 Å². The monoisotopic (exact) mass is 319 g/mol. The van der Waals surface area contributed by atoms with Gasteiger partial charge in [-0.25, -0.2) is 8.42 Å². The summed E-state index contributed by atoms with van der Waals surface area (Å²) in [5.74, 6) is 0.775. The van der Waals surface area contributed by atoms with Crippen molar-refractivity contribution in [1.82, 2.24) is 0 Å². The average molecular weight is 319 g/mol. The second-order valence-corrected chi connectivity index (χ2v) is 6.88. The van der Waals surface area contributed by atoms with Crippen molar-refractivity contribution in [2.75, 3.05) is 17.6 Å². The highest BCUT2D eigenvalue weighted by atomic mass is 32.2. The van der Waals surface area contributed by atoms with Crippen molar-refractivity contribution in [2.45, 2.75) is 19.8 Å². The van der Waals surface area contributed by atoms with Crippen LogP contribution in [-0.4, -0.2) is 21.3 Å². The molecule has 22 heavy (non-hydrogen) atoms. The molecule has 0 heterocycles. The highest BCUT2D eigenvalue weighted by Gasteiger charge is 2.12. The van der Waals surface area contributed by atoms with Gasteiger partial charge >= 0.3 is 0 Å². The van der Waals surface area contributed by atoms with Gasteiger partial charge in [-0.05, 0) is 42.2 Å². The summed E-state index contributed by atoms with van der Waals surface area (Å²) in [4.78, 5) is 0. The molecule has 118 valence electrons. The molecule has 0 saturated heterocycles. The van der Waals surface area contributed by atoms with Gasteiger partial charge in [0.15, 0.2) is 0 Å². The minimum Gasteiger partial charge on any atom is -0.497 e. The molecule has 0 fully saturated rings. The molecule has 0 bridgehead atoms. The van der Waals surface area contributed by atoms with E-state index >= 15 is 0 Å². The van der Waals surface area contributed by atoms with Gasteiger partial charge in [0, 0.05) is 0 Å². The Balaban J connectivity index is 2.05. The molecule has 0 radical (unpaired) electrons. The van der Waals surface area contributed by atoms with E-state index in [4.69, 9.17) is 4.74 Å². The van der Waals surface area contributed by atoms with Crippen LogP contribution in [0.4, 0.5) is 5.69 Å². The fourth-order valence-corrected chi connectivity index (χ4v) is 3.37. The lowest BCUT2D eigenvalue weighted by Crippen LogP contribution is -2.19. The maximum Gasteiger partial charge on any atom is 0.233 e. The van der Waals surface area contributed by atoms with Gasteiger partial charge in [-0.1, -0.05) is 37.3 Å². The zero-order chi connectivity index (χ0) is 16.0. The molecule has 2 rings (SSSR count). The normalized spacial score (nSPS) is 11.2. The first-order valence-electron chi connectivity index (χ1n) is 7.25. The molecule has 2 aromatic rings. The number of benzene rings is 2. The summed E-state index contributed by atoms with van der Waals surface area (Å²) in [6, 6.07) is 14.9. The van der Waals surface area contributed by atoms with Crippen LogP contribution < -0.4 is 9.46 Å². The maximum absolute atomic E-state index is 12.3. The van der Waals surface area contributed by atoms with Gasteiger partial charge in [-0.3, -0.25) is 4.72 Å². The van der Waals surface area contributed by atoms with Crippen molar-refractivity contribution >= 4 is 15.7 Å². The van der Waals surface area contributed by atoms with Gasteiger partial charge in [0.1, 0.15) is 5.75 Å². The second-order valence-electron chi connectivity index (χ2n) is 5.03. The number of ether oxygens (including phenoxy) is 1. The Morgan fingerprint density at radius 3 is 2.59 bits per heavy atom. The molecule has 0 aliphatic carbocycles. The molecule has 4 nitrogen and oxygen atoms in total. The van der Waals surface area contributed by atoms with Crippen molar-refractivity contribution < 1.29 is 13.2 Å². The van der Waals surface area contributed by atoms with Gasteiger partial charge < -0.3 is 4.74 Å². The van der Waals surface area contributed by atoms with Gasteiger partial charge in [-0.15, -0.1) is 0 Å². The number of para-hydroxylation sites is 1. The lowest BCUT2D eigenvalue weighted by molar-refractivity contribution is 0.414. The van der Waals surface area contributed by atoms with E-state index in [-0.39, 0.29) is 5.75 Å². The number of hydrogen-bond acceptors (Lipinski definition) is 3. The first-order valence-corrected chi connectivity index (χ1v) is 8.90. The van der Waals surface area contributed by atoms with E-state index in [1.807, 2.05) is 49.4 Å². The lowest BCUT2D eigenvalue weighted by atomic mass is 10.1. The molecule has 0 spiro atoms. The minimum absolute atomic E-state index is 0.0399. The van der Waals surface area contributed by atoms with Gasteiger partial charge in [-0.2, -0.15) is 0 Å². The predicted octanol–water partition coefficient (Wildman–Crippen LogP) is 3.24. The van der Waals surface area contributed by atoms with Crippen LogP contribution in [0.5, 0.6) is 5.75 Å². The van der Waals surface area contributed by atoms with Crippen molar-refractivity contribution in [3.05, 3.63) is 59.7 Å². The fraction of sp³-hybridized carbons (Fsp3) is 0.294. The summed E-state index contributed by atoms with van der Waals surface area (Å²) in [6.45, 7) is 2.00. The molecule has 0 aliphatic rings. The molecule has 0 unspecified atom stereocenters. The molecule has 0 aromatic heterocycles. The number of rotatable bonds is 7. The van der Waals surface area contributed by atoms with Crippen molar-refractivity contribution in [3.8, 4) is 5.75 Å². The summed E-state index contributed by atoms with van der Waals surface area (Å²) in [5.41, 5.74) is 2.59. The summed E-state index contributed by atoms with van der Waals surface area (Å²) < 4.78 is 32.3. The molecule has 0 atom stereocenters. The van der Waals surface area contributed by atoms with Gasteiger partial charge in [0.25, 0.3) is 0 Å². The van der Waals surface area contributed by atoms with Crippen molar-refractivity contribution in [1.29, 1.82) is 0 Å². The number of methoxy groups -OCH3 is 1. The number of anilines is 1. The van der Waals surface area contributed by atoms with Crippen LogP contribution in [0.1, 0.15) is 18.1 Å². The second kappa shape index (κ2) is 7.31. The number of hydrogen-bond donors (Lipinski definition) is 1. The van der Waals surface area contributed by atoms with E-state index in [1.165, 1.54) is 0 Å². The average Bonchev–Trinajstić information content (AvgIpc) is 2.53. The smallest absolute Gasteiger partial charge is 0.233 e. The van der Waals surface area contributed by atoms with E-state index in [2.05, 4.69) is 4.72 Å². The van der Waals surface area contributed by atoms with Crippen molar-refractivity contribution in [2.24, 2.45) is 0 Å². The third-order valence-electron chi connectivity index (χ3n) is 3.46. The Kier molecular flexibility index (Phi) is 5.44. The molecular formula is C17H21NO3S. The Morgan fingerprint density at radius 1 is 1.09 bits per heavy atom. The first-order chi connectivity index (χ1) is 10.5. The largest absolute Gasteiger partial charge is 0.497 e. The topological polar surface area (TPSA) is 55.4 Å². The highest BCUT2D eigenvalue weighted by molar-refractivity contribution is 7.92. The summed E-state index contributed by atoms with van der Waals surface area (Å²) in [5, 5.41) is 0. The Morgan fingerprint density at radius 2 is 1.86 bits per heavy atom. The SMILES string of the molecule is CCc1ccccc1NS(=O)(=O)CCc1cccc(OC)c1. The number of nitrogens with one attached hydrogen (secondary N) is 1. The number of aryl methyl sites for hydroxylation is 2. The van der Waals surface area contributed by atoms with E-state index in [0.29, 0.717) is 12.1 Å². The molecule has 1 N–H and O–H groups in total. The van der Waals surface area contributed by atoms with Crippen LogP contribution in [0, 0.1) is 0 Å². The fourth-order valence-electron chi connectivity index (χ4n) is 2.23.